The number of aliphatic hydroxyl groups excluding tert-OH is 10. The fraction of sp³-hybridized carbons (Fsp3) is 1.00. The monoisotopic (exact) mass is 902 g/mol. The Morgan fingerprint density at radius 1 is 0.603 bits per heavy atom. The first kappa shape index (κ1) is 47.4. The van der Waals surface area contributed by atoms with Crippen molar-refractivity contribution in [1.29, 1.82) is 0 Å². The van der Waals surface area contributed by atoms with Gasteiger partial charge >= 0.3 is 0 Å². The van der Waals surface area contributed by atoms with Crippen LogP contribution in [-0.4, -0.2) is 187 Å². The molecule has 0 aromatic heterocycles. The minimum absolute atomic E-state index is 0.145. The maximum absolute atomic E-state index is 12.1. The average molecular weight is 903 g/mol. The number of hydrogen-bond donors (Lipinski definition) is 10. The molecule has 28 atom stereocenters. The summed E-state index contributed by atoms with van der Waals surface area (Å²) in [5, 5.41) is 108. The molecule has 5 aliphatic heterocycles. The van der Waals surface area contributed by atoms with E-state index in [1.165, 1.54) is 6.92 Å². The molecular weight excluding hydrogens is 828 g/mol. The third kappa shape index (κ3) is 7.79. The van der Waals surface area contributed by atoms with E-state index in [-0.39, 0.29) is 22.9 Å². The van der Waals surface area contributed by atoms with Crippen LogP contribution < -0.4 is 0 Å². The summed E-state index contributed by atoms with van der Waals surface area (Å²) in [5.74, 6) is 2.45. The molecule has 4 aliphatic carbocycles. The van der Waals surface area contributed by atoms with Crippen LogP contribution in [0.5, 0.6) is 0 Å². The molecule has 9 rings (SSSR count). The summed E-state index contributed by atoms with van der Waals surface area (Å²) in [6, 6.07) is 0. The predicted octanol–water partition coefficient (Wildman–Crippen LogP) is -0.735. The van der Waals surface area contributed by atoms with Crippen LogP contribution in [0.1, 0.15) is 92.4 Å². The molecule has 63 heavy (non-hydrogen) atoms. The topological polar surface area (TPSA) is 276 Å². The zero-order chi connectivity index (χ0) is 45.1. The summed E-state index contributed by atoms with van der Waals surface area (Å²) < 4.78 is 49.7. The van der Waals surface area contributed by atoms with Gasteiger partial charge in [0.25, 0.3) is 0 Å². The van der Waals surface area contributed by atoms with E-state index in [1.807, 2.05) is 0 Å². The highest BCUT2D eigenvalue weighted by Gasteiger charge is 2.69. The highest BCUT2D eigenvalue weighted by molar-refractivity contribution is 5.16. The number of hydrogen-bond acceptors (Lipinski definition) is 18. The molecule has 9 aliphatic rings. The van der Waals surface area contributed by atoms with E-state index in [9.17, 15) is 51.1 Å². The lowest BCUT2D eigenvalue weighted by atomic mass is 9.44. The van der Waals surface area contributed by atoms with Gasteiger partial charge in [0.1, 0.15) is 67.1 Å². The van der Waals surface area contributed by atoms with Gasteiger partial charge in [0, 0.05) is 12.3 Å². The molecule has 5 heterocycles. The molecular formula is C45H74O18. The van der Waals surface area contributed by atoms with Gasteiger partial charge in [-0.1, -0.05) is 27.7 Å². The van der Waals surface area contributed by atoms with Gasteiger partial charge in [0.15, 0.2) is 24.7 Å². The van der Waals surface area contributed by atoms with Gasteiger partial charge in [0.05, 0.1) is 44.2 Å². The Morgan fingerprint density at radius 2 is 1.27 bits per heavy atom. The maximum Gasteiger partial charge on any atom is 0.187 e. The van der Waals surface area contributed by atoms with E-state index < -0.39 is 123 Å². The van der Waals surface area contributed by atoms with Gasteiger partial charge in [0.2, 0.25) is 0 Å². The second-order valence-corrected chi connectivity index (χ2v) is 21.7. The quantitative estimate of drug-likeness (QED) is 0.134. The summed E-state index contributed by atoms with van der Waals surface area (Å²) in [6.07, 6.45) is -17.0. The second-order valence-electron chi connectivity index (χ2n) is 21.7. The van der Waals surface area contributed by atoms with Gasteiger partial charge in [-0.3, -0.25) is 0 Å². The maximum atomic E-state index is 12.1. The largest absolute Gasteiger partial charge is 0.394 e. The van der Waals surface area contributed by atoms with Crippen molar-refractivity contribution in [1.82, 2.24) is 0 Å². The second kappa shape index (κ2) is 17.7. The number of ether oxygens (including phenoxy) is 8. The highest BCUT2D eigenvalue weighted by atomic mass is 16.8. The Kier molecular flexibility index (Phi) is 13.3. The Balaban J connectivity index is 0.916. The van der Waals surface area contributed by atoms with Crippen molar-refractivity contribution in [3.8, 4) is 0 Å². The minimum atomic E-state index is -1.85. The fourth-order valence-electron chi connectivity index (χ4n) is 14.7. The van der Waals surface area contributed by atoms with Crippen molar-refractivity contribution >= 4 is 0 Å². The first-order valence-corrected chi connectivity index (χ1v) is 23.8. The zero-order valence-electron chi connectivity index (χ0n) is 37.2. The third-order valence-corrected chi connectivity index (χ3v) is 18.3. The Labute approximate surface area is 369 Å². The van der Waals surface area contributed by atoms with Gasteiger partial charge in [-0.2, -0.15) is 0 Å². The molecule has 18 heteroatoms. The third-order valence-electron chi connectivity index (χ3n) is 18.3. The average Bonchev–Trinajstić information content (AvgIpc) is 3.70. The molecule has 10 N–H and O–H groups in total. The SMILES string of the molecule is CC1C2C(C[C@H]3C4CC[C@H]5C[C@@H](O[C@@H]6O[C@H](CO)[C@H](O[C@@H]7O[C@H](CO)[C@@H](O)[C@H](O)[C@H]7O)[C@H](O)[C@H]6O[C@@H]6O[C@@H](C)[C@H](O)[C@@H](O)[C@H]6O)[C@H](O)C[C@]5(C)C4CC[C@]23C)O[C@]12CC[C@@H](C)CO2. The molecule has 4 saturated carbocycles. The minimum Gasteiger partial charge on any atom is -0.394 e. The number of rotatable bonds is 8. The van der Waals surface area contributed by atoms with Crippen LogP contribution in [0.15, 0.2) is 0 Å². The molecule has 0 radical (unpaired) electrons. The normalized spacial score (nSPS) is 59.4. The van der Waals surface area contributed by atoms with Gasteiger partial charge in [-0.25, -0.2) is 0 Å². The lowest BCUT2D eigenvalue weighted by molar-refractivity contribution is -0.392. The van der Waals surface area contributed by atoms with Crippen LogP contribution in [0.4, 0.5) is 0 Å². The van der Waals surface area contributed by atoms with E-state index in [2.05, 4.69) is 27.7 Å². The number of aliphatic hydroxyl groups is 10. The van der Waals surface area contributed by atoms with Gasteiger partial charge in [-0.05, 0) is 105 Å². The first-order valence-electron chi connectivity index (χ1n) is 23.8. The molecule has 9 fully saturated rings. The van der Waals surface area contributed by atoms with Gasteiger partial charge < -0.3 is 89.0 Å². The van der Waals surface area contributed by atoms with Crippen molar-refractivity contribution in [2.75, 3.05) is 19.8 Å². The van der Waals surface area contributed by atoms with Gasteiger partial charge in [-0.15, -0.1) is 0 Å². The van der Waals surface area contributed by atoms with Crippen molar-refractivity contribution < 1.29 is 89.0 Å². The van der Waals surface area contributed by atoms with Crippen molar-refractivity contribution in [2.45, 2.75) is 209 Å². The molecule has 362 valence electrons. The molecule has 5 saturated heterocycles. The van der Waals surface area contributed by atoms with Crippen molar-refractivity contribution in [2.24, 2.45) is 52.3 Å². The first-order chi connectivity index (χ1) is 29.8. The lowest BCUT2D eigenvalue weighted by Gasteiger charge is -2.62. The molecule has 18 nitrogen and oxygen atoms in total. The lowest BCUT2D eigenvalue weighted by Crippen LogP contribution is -2.67. The predicted molar refractivity (Wildman–Crippen MR) is 216 cm³/mol. The van der Waals surface area contributed by atoms with E-state index in [0.29, 0.717) is 48.3 Å². The number of fused-ring (bicyclic) bond motifs is 7. The molecule has 1 spiro atoms. The standard InChI is InChI=1S/C45H74O18/c1-18-8-11-45(56-17-18)19(2)30-27(63-45)13-24-22-7-6-21-12-26(25(48)14-44(21,5)23(22)9-10-43(24,30)4)58-42-39(62-40-35(53)33(51)31(49)20(3)57-40)37(55)38(29(16-47)60-42)61-41-36(54)34(52)32(50)28(15-46)59-41/h18-42,46-55H,6-17H2,1-5H3/t18-,19?,20+,21+,22?,23?,24+,25-,26-,27?,28-,29-,30?,31+,32-,33-,34+,35-,36-,37+,38+,39-,40+,41+,42-,43+,44+,45-/m1/s1. The summed E-state index contributed by atoms with van der Waals surface area (Å²) in [5.41, 5.74) is -0.0296. The summed E-state index contributed by atoms with van der Waals surface area (Å²) in [7, 11) is 0. The van der Waals surface area contributed by atoms with Crippen molar-refractivity contribution in [3.05, 3.63) is 0 Å². The summed E-state index contributed by atoms with van der Waals surface area (Å²) in [4.78, 5) is 0. The molecule has 0 bridgehead atoms. The Hall–Kier alpha value is -0.720. The van der Waals surface area contributed by atoms with Crippen LogP contribution >= 0.6 is 0 Å². The molecule has 0 amide bonds. The van der Waals surface area contributed by atoms with Crippen LogP contribution in [0.3, 0.4) is 0 Å². The summed E-state index contributed by atoms with van der Waals surface area (Å²) in [6.45, 7) is 10.2. The Morgan fingerprint density at radius 3 is 1.95 bits per heavy atom. The molecule has 0 aromatic rings. The molecule has 0 aromatic carbocycles. The van der Waals surface area contributed by atoms with E-state index in [0.717, 1.165) is 51.6 Å². The highest BCUT2D eigenvalue weighted by Crippen LogP contribution is 2.71. The molecule has 5 unspecified atom stereocenters. The van der Waals surface area contributed by atoms with Crippen LogP contribution in [0, 0.1) is 52.3 Å². The van der Waals surface area contributed by atoms with Crippen molar-refractivity contribution in [3.63, 3.8) is 0 Å². The van der Waals surface area contributed by atoms with Crippen LogP contribution in [-0.2, 0) is 37.9 Å². The smallest absolute Gasteiger partial charge is 0.187 e. The van der Waals surface area contributed by atoms with Crippen LogP contribution in [0.2, 0.25) is 0 Å². The van der Waals surface area contributed by atoms with E-state index >= 15 is 0 Å². The van der Waals surface area contributed by atoms with Crippen LogP contribution in [0.25, 0.3) is 0 Å². The van der Waals surface area contributed by atoms with E-state index in [4.69, 9.17) is 37.9 Å². The summed E-state index contributed by atoms with van der Waals surface area (Å²) >= 11 is 0. The Bertz CT molecular complexity index is 1580. The zero-order valence-corrected chi connectivity index (χ0v) is 37.2. The van der Waals surface area contributed by atoms with E-state index in [1.54, 1.807) is 0 Å². The fourth-order valence-corrected chi connectivity index (χ4v) is 14.7.